The molecule has 88 valence electrons. The van der Waals surface area contributed by atoms with Crippen molar-refractivity contribution in [2.45, 2.75) is 13.0 Å². The van der Waals surface area contributed by atoms with Crippen LogP contribution in [0.15, 0.2) is 24.3 Å². The molecule has 0 aliphatic rings. The lowest BCUT2D eigenvalue weighted by molar-refractivity contribution is 0.0704. The van der Waals surface area contributed by atoms with Gasteiger partial charge >= 0.3 is 0 Å². The molecule has 1 atom stereocenters. The van der Waals surface area contributed by atoms with Gasteiger partial charge in [-0.05, 0) is 19.1 Å². The zero-order valence-electron chi connectivity index (χ0n) is 9.47. The second-order valence-electron chi connectivity index (χ2n) is 3.72. The number of carbonyl (C=O) groups is 1. The standard InChI is InChI=1S/C11H17N3O2/c1-8(15)7-14(2)11(16)9-5-3-4-6-10(9)13-12/h3-6,8,13,15H,7,12H2,1-2H3. The van der Waals surface area contributed by atoms with Crippen molar-refractivity contribution in [2.75, 3.05) is 19.0 Å². The molecular formula is C11H17N3O2. The molecule has 0 aromatic heterocycles. The molecule has 0 spiro atoms. The highest BCUT2D eigenvalue weighted by atomic mass is 16.3. The van der Waals surface area contributed by atoms with Crippen LogP contribution >= 0.6 is 0 Å². The van der Waals surface area contributed by atoms with Gasteiger partial charge in [-0.2, -0.15) is 0 Å². The molecule has 5 heteroatoms. The van der Waals surface area contributed by atoms with Crippen molar-refractivity contribution in [1.82, 2.24) is 4.90 Å². The van der Waals surface area contributed by atoms with E-state index in [1.54, 1.807) is 38.2 Å². The molecule has 1 aromatic carbocycles. The second-order valence-corrected chi connectivity index (χ2v) is 3.72. The van der Waals surface area contributed by atoms with Gasteiger partial charge in [-0.15, -0.1) is 0 Å². The Morgan fingerprint density at radius 3 is 2.75 bits per heavy atom. The van der Waals surface area contributed by atoms with Crippen molar-refractivity contribution >= 4 is 11.6 Å². The Morgan fingerprint density at radius 1 is 1.56 bits per heavy atom. The zero-order chi connectivity index (χ0) is 12.1. The van der Waals surface area contributed by atoms with Crippen LogP contribution in [0.4, 0.5) is 5.69 Å². The van der Waals surface area contributed by atoms with Crippen LogP contribution in [-0.4, -0.2) is 35.6 Å². The summed E-state index contributed by atoms with van der Waals surface area (Å²) in [5, 5.41) is 9.21. The van der Waals surface area contributed by atoms with Gasteiger partial charge in [0.1, 0.15) is 0 Å². The van der Waals surface area contributed by atoms with E-state index in [1.807, 2.05) is 0 Å². The molecule has 0 aliphatic heterocycles. The van der Waals surface area contributed by atoms with Crippen molar-refractivity contribution in [1.29, 1.82) is 0 Å². The second kappa shape index (κ2) is 5.48. The lowest BCUT2D eigenvalue weighted by Gasteiger charge is -2.20. The number of amides is 1. The van der Waals surface area contributed by atoms with Crippen LogP contribution < -0.4 is 11.3 Å². The van der Waals surface area contributed by atoms with E-state index in [0.29, 0.717) is 11.3 Å². The maximum atomic E-state index is 12.0. The van der Waals surface area contributed by atoms with Crippen LogP contribution in [0, 0.1) is 0 Å². The smallest absolute Gasteiger partial charge is 0.255 e. The topological polar surface area (TPSA) is 78.6 Å². The summed E-state index contributed by atoms with van der Waals surface area (Å²) in [5.74, 6) is 5.15. The maximum Gasteiger partial charge on any atom is 0.255 e. The quantitative estimate of drug-likeness (QED) is 0.511. The number of hydrazine groups is 1. The fraction of sp³-hybridized carbons (Fsp3) is 0.364. The summed E-state index contributed by atoms with van der Waals surface area (Å²) in [4.78, 5) is 13.4. The highest BCUT2D eigenvalue weighted by Gasteiger charge is 2.15. The fourth-order valence-electron chi connectivity index (χ4n) is 1.48. The van der Waals surface area contributed by atoms with Gasteiger partial charge in [0.2, 0.25) is 0 Å². The largest absolute Gasteiger partial charge is 0.392 e. The molecule has 0 fully saturated rings. The molecule has 5 nitrogen and oxygen atoms in total. The zero-order valence-corrected chi connectivity index (χ0v) is 9.47. The Balaban J connectivity index is 2.87. The number of carbonyl (C=O) groups excluding carboxylic acids is 1. The van der Waals surface area contributed by atoms with Crippen LogP contribution in [0.25, 0.3) is 0 Å². The van der Waals surface area contributed by atoms with Gasteiger partial charge in [0.25, 0.3) is 5.91 Å². The third-order valence-electron chi connectivity index (χ3n) is 2.20. The molecule has 1 unspecified atom stereocenters. The number of hydrogen-bond acceptors (Lipinski definition) is 4. The van der Waals surface area contributed by atoms with Crippen molar-refractivity contribution in [3.8, 4) is 0 Å². The number of likely N-dealkylation sites (N-methyl/N-ethyl adjacent to an activating group) is 1. The van der Waals surface area contributed by atoms with Gasteiger partial charge < -0.3 is 15.4 Å². The van der Waals surface area contributed by atoms with Gasteiger partial charge in [0.05, 0.1) is 17.4 Å². The highest BCUT2D eigenvalue weighted by Crippen LogP contribution is 2.15. The number of benzene rings is 1. The number of nitrogens with one attached hydrogen (secondary N) is 1. The van der Waals surface area contributed by atoms with Gasteiger partial charge in [-0.3, -0.25) is 10.6 Å². The number of aliphatic hydroxyl groups excluding tert-OH is 1. The monoisotopic (exact) mass is 223 g/mol. The third kappa shape index (κ3) is 2.95. The molecule has 0 saturated carbocycles. The molecule has 1 aromatic rings. The summed E-state index contributed by atoms with van der Waals surface area (Å²) in [6.45, 7) is 1.93. The minimum Gasteiger partial charge on any atom is -0.392 e. The normalized spacial score (nSPS) is 12.0. The number of rotatable bonds is 4. The lowest BCUT2D eigenvalue weighted by atomic mass is 10.1. The Labute approximate surface area is 94.8 Å². The van der Waals surface area contributed by atoms with Crippen LogP contribution in [0.1, 0.15) is 17.3 Å². The first kappa shape index (κ1) is 12.5. The SMILES string of the molecule is CC(O)CN(C)C(=O)c1ccccc1NN. The molecule has 0 saturated heterocycles. The van der Waals surface area contributed by atoms with Gasteiger partial charge in [0, 0.05) is 13.6 Å². The number of para-hydroxylation sites is 1. The molecule has 0 aliphatic carbocycles. The van der Waals surface area contributed by atoms with Crippen LogP contribution in [0.2, 0.25) is 0 Å². The Kier molecular flexibility index (Phi) is 4.28. The Hall–Kier alpha value is -1.59. The molecule has 1 amide bonds. The van der Waals surface area contributed by atoms with E-state index >= 15 is 0 Å². The average molecular weight is 223 g/mol. The van der Waals surface area contributed by atoms with E-state index in [1.165, 1.54) is 4.90 Å². The minimum absolute atomic E-state index is 0.172. The third-order valence-corrected chi connectivity index (χ3v) is 2.20. The summed E-state index contributed by atoms with van der Waals surface area (Å²) in [6.07, 6.45) is -0.549. The molecule has 0 radical (unpaired) electrons. The summed E-state index contributed by atoms with van der Waals surface area (Å²) >= 11 is 0. The first-order valence-corrected chi connectivity index (χ1v) is 5.05. The van der Waals surface area contributed by atoms with Gasteiger partial charge in [-0.1, -0.05) is 12.1 Å². The average Bonchev–Trinajstić information content (AvgIpc) is 2.27. The van der Waals surface area contributed by atoms with Crippen LogP contribution in [0.5, 0.6) is 0 Å². The summed E-state index contributed by atoms with van der Waals surface area (Å²) < 4.78 is 0. The predicted molar refractivity (Wildman–Crippen MR) is 62.9 cm³/mol. The van der Waals surface area contributed by atoms with E-state index in [0.717, 1.165) is 0 Å². The molecule has 4 N–H and O–H groups in total. The number of nitrogen functional groups attached to an aromatic ring is 1. The summed E-state index contributed by atoms with van der Waals surface area (Å²) in [6, 6.07) is 6.98. The van der Waals surface area contributed by atoms with Gasteiger partial charge in [-0.25, -0.2) is 0 Å². The number of nitrogens with two attached hydrogens (primary N) is 1. The minimum atomic E-state index is -0.549. The Morgan fingerprint density at radius 2 is 2.19 bits per heavy atom. The van der Waals surface area contributed by atoms with Crippen molar-refractivity contribution < 1.29 is 9.90 Å². The van der Waals surface area contributed by atoms with Crippen molar-refractivity contribution in [2.24, 2.45) is 5.84 Å². The highest BCUT2D eigenvalue weighted by molar-refractivity contribution is 5.99. The lowest BCUT2D eigenvalue weighted by Crippen LogP contribution is -2.33. The Bertz CT molecular complexity index is 366. The molecule has 0 heterocycles. The van der Waals surface area contributed by atoms with E-state index in [9.17, 15) is 9.90 Å². The fourth-order valence-corrected chi connectivity index (χ4v) is 1.48. The van der Waals surface area contributed by atoms with E-state index < -0.39 is 6.10 Å². The number of aliphatic hydroxyl groups is 1. The maximum absolute atomic E-state index is 12.0. The van der Waals surface area contributed by atoms with Crippen LogP contribution in [0.3, 0.4) is 0 Å². The number of hydrogen-bond donors (Lipinski definition) is 3. The summed E-state index contributed by atoms with van der Waals surface area (Å²) in [7, 11) is 1.64. The number of nitrogens with zero attached hydrogens (tertiary/aromatic N) is 1. The van der Waals surface area contributed by atoms with E-state index in [4.69, 9.17) is 5.84 Å². The molecular weight excluding hydrogens is 206 g/mol. The first-order valence-electron chi connectivity index (χ1n) is 5.05. The van der Waals surface area contributed by atoms with Crippen molar-refractivity contribution in [3.63, 3.8) is 0 Å². The van der Waals surface area contributed by atoms with Gasteiger partial charge in [0.15, 0.2) is 0 Å². The molecule has 16 heavy (non-hydrogen) atoms. The van der Waals surface area contributed by atoms with Crippen LogP contribution in [-0.2, 0) is 0 Å². The summed E-state index contributed by atoms with van der Waals surface area (Å²) in [5.41, 5.74) is 3.54. The van der Waals surface area contributed by atoms with E-state index in [2.05, 4.69) is 5.43 Å². The first-order chi connectivity index (χ1) is 7.56. The van der Waals surface area contributed by atoms with Crippen molar-refractivity contribution in [3.05, 3.63) is 29.8 Å². The molecule has 0 bridgehead atoms. The number of anilines is 1. The predicted octanol–water partition coefficient (Wildman–Crippen LogP) is 0.425. The molecule has 1 rings (SSSR count). The van der Waals surface area contributed by atoms with E-state index in [-0.39, 0.29) is 12.5 Å².